The highest BCUT2D eigenvalue weighted by atomic mass is 32.2. The Morgan fingerprint density at radius 3 is 2.46 bits per heavy atom. The zero-order valence-corrected chi connectivity index (χ0v) is 23.0. The smallest absolute Gasteiger partial charge is 0.410 e. The molecule has 0 unspecified atom stereocenters. The second-order valence-electron chi connectivity index (χ2n) is 10.4. The van der Waals surface area contributed by atoms with Crippen molar-refractivity contribution in [2.24, 2.45) is 5.92 Å². The number of hydrogen-bond acceptors (Lipinski definition) is 8. The number of carbonyl (C=O) groups is 2. The summed E-state index contributed by atoms with van der Waals surface area (Å²) in [5.41, 5.74) is 3.47. The summed E-state index contributed by atoms with van der Waals surface area (Å²) in [5.74, 6) is -1.35. The first-order valence-corrected chi connectivity index (χ1v) is 13.9. The minimum atomic E-state index is -4.08. The number of aromatic nitrogens is 1. The first-order chi connectivity index (χ1) is 18.4. The molecule has 2 heterocycles. The van der Waals surface area contributed by atoms with Gasteiger partial charge in [-0.1, -0.05) is 18.2 Å². The van der Waals surface area contributed by atoms with Gasteiger partial charge >= 0.3 is 6.09 Å². The molecule has 0 aliphatic carbocycles. The van der Waals surface area contributed by atoms with E-state index < -0.39 is 39.6 Å². The molecule has 2 atom stereocenters. The van der Waals surface area contributed by atoms with Crippen molar-refractivity contribution in [1.82, 2.24) is 20.1 Å². The molecule has 12 heteroatoms. The number of hydroxylamine groups is 1. The van der Waals surface area contributed by atoms with Gasteiger partial charge in [-0.15, -0.1) is 0 Å². The summed E-state index contributed by atoms with van der Waals surface area (Å²) < 4.78 is 40.0. The minimum absolute atomic E-state index is 0.0427. The number of rotatable bonds is 7. The van der Waals surface area contributed by atoms with Gasteiger partial charge in [-0.3, -0.25) is 15.0 Å². The summed E-state index contributed by atoms with van der Waals surface area (Å²) in [6, 6.07) is 14.6. The van der Waals surface area contributed by atoms with Crippen LogP contribution in [0.15, 0.2) is 59.5 Å². The Kier molecular flexibility index (Phi) is 8.09. The Morgan fingerprint density at radius 2 is 1.79 bits per heavy atom. The fourth-order valence-corrected chi connectivity index (χ4v) is 5.67. The summed E-state index contributed by atoms with van der Waals surface area (Å²) in [6.45, 7) is 7.06. The molecule has 3 N–H and O–H groups in total. The number of sulfonamides is 1. The van der Waals surface area contributed by atoms with Crippen LogP contribution in [0, 0.1) is 12.8 Å². The second kappa shape index (κ2) is 11.2. The highest BCUT2D eigenvalue weighted by Crippen LogP contribution is 2.25. The van der Waals surface area contributed by atoms with Crippen molar-refractivity contribution in [2.75, 3.05) is 13.1 Å². The van der Waals surface area contributed by atoms with Crippen molar-refractivity contribution in [2.45, 2.75) is 50.8 Å². The number of hydrogen-bond donors (Lipinski definition) is 3. The maximum atomic E-state index is 13.1. The van der Waals surface area contributed by atoms with E-state index in [1.807, 2.05) is 37.3 Å². The molecule has 1 aromatic heterocycles. The Balaban J connectivity index is 1.45. The van der Waals surface area contributed by atoms with Crippen molar-refractivity contribution in [3.05, 3.63) is 65.9 Å². The molecule has 39 heavy (non-hydrogen) atoms. The lowest BCUT2D eigenvalue weighted by Crippen LogP contribution is -2.45. The number of fused-ring (bicyclic) bond motifs is 1. The molecule has 2 amide bonds. The van der Waals surface area contributed by atoms with Gasteiger partial charge in [0.1, 0.15) is 18.0 Å². The zero-order valence-electron chi connectivity index (χ0n) is 22.2. The molecule has 0 radical (unpaired) electrons. The van der Waals surface area contributed by atoms with Gasteiger partial charge in [0.25, 0.3) is 0 Å². The average molecular weight is 557 g/mol. The van der Waals surface area contributed by atoms with Crippen molar-refractivity contribution in [1.29, 1.82) is 0 Å². The van der Waals surface area contributed by atoms with Gasteiger partial charge in [0.05, 0.1) is 22.4 Å². The lowest BCUT2D eigenvalue weighted by Gasteiger charge is -2.24. The van der Waals surface area contributed by atoms with Crippen LogP contribution in [0.4, 0.5) is 4.79 Å². The van der Waals surface area contributed by atoms with Crippen molar-refractivity contribution in [3.63, 3.8) is 0 Å². The van der Waals surface area contributed by atoms with Crippen LogP contribution in [0.1, 0.15) is 32.0 Å². The van der Waals surface area contributed by atoms with Gasteiger partial charge < -0.3 is 14.4 Å². The number of para-hydroxylation sites is 1. The van der Waals surface area contributed by atoms with Crippen LogP contribution in [0.2, 0.25) is 0 Å². The van der Waals surface area contributed by atoms with Crippen LogP contribution in [0.25, 0.3) is 10.9 Å². The molecule has 1 saturated heterocycles. The van der Waals surface area contributed by atoms with E-state index in [1.54, 1.807) is 38.4 Å². The number of likely N-dealkylation sites (tertiary alicyclic amines) is 1. The molecule has 3 aromatic rings. The Labute approximate surface area is 227 Å². The SMILES string of the molecule is Cc1cc(COc2ccc(S(=O)(=O)N[C@@H]3CN(C(=O)OC(C)(C)C)C[C@@H]3C(=O)NO)cc2)c2ccccc2n1. The largest absolute Gasteiger partial charge is 0.489 e. The molecule has 0 saturated carbocycles. The molecule has 4 rings (SSSR count). The Morgan fingerprint density at radius 1 is 1.10 bits per heavy atom. The Hall–Kier alpha value is -3.74. The molecule has 2 aromatic carbocycles. The summed E-state index contributed by atoms with van der Waals surface area (Å²) >= 11 is 0. The van der Waals surface area contributed by atoms with E-state index in [-0.39, 0.29) is 24.6 Å². The summed E-state index contributed by atoms with van der Waals surface area (Å²) in [7, 11) is -4.08. The topological polar surface area (TPSA) is 147 Å². The molecule has 11 nitrogen and oxygen atoms in total. The van der Waals surface area contributed by atoms with Crippen LogP contribution >= 0.6 is 0 Å². The number of amides is 2. The first kappa shape index (κ1) is 28.3. The number of ether oxygens (including phenoxy) is 2. The predicted molar refractivity (Wildman–Crippen MR) is 143 cm³/mol. The normalized spacial score (nSPS) is 17.7. The van der Waals surface area contributed by atoms with Gasteiger partial charge in [-0.25, -0.2) is 23.4 Å². The molecular weight excluding hydrogens is 524 g/mol. The van der Waals surface area contributed by atoms with Gasteiger partial charge in [0.2, 0.25) is 15.9 Å². The number of pyridine rings is 1. The third kappa shape index (κ3) is 6.83. The number of nitrogens with zero attached hydrogens (tertiary/aromatic N) is 2. The molecule has 0 bridgehead atoms. The number of carbonyl (C=O) groups excluding carboxylic acids is 2. The molecular formula is C27H32N4O7S. The van der Waals surface area contributed by atoms with Gasteiger partial charge in [0.15, 0.2) is 0 Å². The van der Waals surface area contributed by atoms with Gasteiger partial charge in [0, 0.05) is 29.7 Å². The van der Waals surface area contributed by atoms with Crippen molar-refractivity contribution >= 4 is 32.9 Å². The van der Waals surface area contributed by atoms with Gasteiger partial charge in [-0.05, 0) is 64.1 Å². The van der Waals surface area contributed by atoms with Crippen LogP contribution in [0.3, 0.4) is 0 Å². The van der Waals surface area contributed by atoms with Gasteiger partial charge in [-0.2, -0.15) is 0 Å². The molecule has 1 fully saturated rings. The summed E-state index contributed by atoms with van der Waals surface area (Å²) in [5, 5.41) is 10.1. The highest BCUT2D eigenvalue weighted by molar-refractivity contribution is 7.89. The molecule has 0 spiro atoms. The van der Waals surface area contributed by atoms with E-state index in [2.05, 4.69) is 9.71 Å². The van der Waals surface area contributed by atoms with E-state index in [0.29, 0.717) is 5.75 Å². The first-order valence-electron chi connectivity index (χ1n) is 12.4. The quantitative estimate of drug-likeness (QED) is 0.297. The summed E-state index contributed by atoms with van der Waals surface area (Å²) in [6.07, 6.45) is -0.682. The molecule has 1 aliphatic heterocycles. The fourth-order valence-electron chi connectivity index (χ4n) is 4.41. The van der Waals surface area contributed by atoms with E-state index >= 15 is 0 Å². The zero-order chi connectivity index (χ0) is 28.4. The van der Waals surface area contributed by atoms with E-state index in [1.165, 1.54) is 17.0 Å². The third-order valence-electron chi connectivity index (χ3n) is 6.18. The maximum Gasteiger partial charge on any atom is 0.410 e. The number of aryl methyl sites for hydroxylation is 1. The maximum absolute atomic E-state index is 13.1. The van der Waals surface area contributed by atoms with Crippen LogP contribution in [0.5, 0.6) is 5.75 Å². The number of nitrogens with one attached hydrogen (secondary N) is 2. The summed E-state index contributed by atoms with van der Waals surface area (Å²) in [4.78, 5) is 30.5. The minimum Gasteiger partial charge on any atom is -0.489 e. The van der Waals surface area contributed by atoms with Crippen LogP contribution in [-0.2, 0) is 26.2 Å². The number of benzene rings is 2. The predicted octanol–water partition coefficient (Wildman–Crippen LogP) is 3.14. The van der Waals surface area contributed by atoms with Crippen molar-refractivity contribution in [3.8, 4) is 5.75 Å². The standard InChI is InChI=1S/C27H32N4O7S/c1-17-13-18(21-7-5-6-8-23(21)28-17)16-37-19-9-11-20(12-10-19)39(35,36)30-24-15-31(14-22(24)25(32)29-34)26(33)38-27(2,3)4/h5-13,22,24,30,34H,14-16H2,1-4H3,(H,29,32)/t22-,24+/m0/s1. The lowest BCUT2D eigenvalue weighted by molar-refractivity contribution is -0.133. The van der Waals surface area contributed by atoms with Crippen LogP contribution in [-0.4, -0.2) is 60.2 Å². The highest BCUT2D eigenvalue weighted by Gasteiger charge is 2.43. The van der Waals surface area contributed by atoms with E-state index in [4.69, 9.17) is 14.7 Å². The molecule has 208 valence electrons. The lowest BCUT2D eigenvalue weighted by atomic mass is 10.0. The molecule has 1 aliphatic rings. The second-order valence-corrected chi connectivity index (χ2v) is 12.1. The fraction of sp³-hybridized carbons (Fsp3) is 0.370. The van der Waals surface area contributed by atoms with E-state index in [9.17, 15) is 18.0 Å². The van der Waals surface area contributed by atoms with Crippen LogP contribution < -0.4 is 14.9 Å². The Bertz CT molecular complexity index is 1470. The van der Waals surface area contributed by atoms with Crippen molar-refractivity contribution < 1.29 is 32.7 Å². The average Bonchev–Trinajstić information content (AvgIpc) is 3.29. The monoisotopic (exact) mass is 556 g/mol. The third-order valence-corrected chi connectivity index (χ3v) is 7.69. The van der Waals surface area contributed by atoms with E-state index in [0.717, 1.165) is 22.2 Å².